The number of hydrogen-bond donors (Lipinski definition) is 1. The van der Waals surface area contributed by atoms with Crippen molar-refractivity contribution >= 4 is 0 Å². The van der Waals surface area contributed by atoms with Gasteiger partial charge in [-0.15, -0.1) is 0 Å². The number of rotatable bonds is 7. The first-order chi connectivity index (χ1) is 8.85. The Morgan fingerprint density at radius 1 is 1.42 bits per heavy atom. The highest BCUT2D eigenvalue weighted by atomic mass is 15.3. The Kier molecular flexibility index (Phi) is 5.56. The second-order valence-corrected chi connectivity index (χ2v) is 6.03. The predicted octanol–water partition coefficient (Wildman–Crippen LogP) is 2.32. The van der Waals surface area contributed by atoms with Crippen molar-refractivity contribution in [3.8, 4) is 0 Å². The fourth-order valence-electron chi connectivity index (χ4n) is 2.49. The van der Waals surface area contributed by atoms with Gasteiger partial charge < -0.3 is 10.2 Å². The van der Waals surface area contributed by atoms with Crippen LogP contribution in [-0.4, -0.2) is 47.4 Å². The third-order valence-electron chi connectivity index (χ3n) is 4.44. The van der Waals surface area contributed by atoms with Gasteiger partial charge in [0.25, 0.3) is 0 Å². The minimum atomic E-state index is 0.135. The molecule has 1 N–H and O–H groups in total. The summed E-state index contributed by atoms with van der Waals surface area (Å²) in [4.78, 5) is 2.31. The van der Waals surface area contributed by atoms with Crippen LogP contribution in [0.15, 0.2) is 12.3 Å². The van der Waals surface area contributed by atoms with Crippen molar-refractivity contribution in [1.29, 1.82) is 0 Å². The van der Waals surface area contributed by atoms with Crippen LogP contribution in [0.4, 0.5) is 0 Å². The second kappa shape index (κ2) is 6.53. The van der Waals surface area contributed by atoms with Crippen molar-refractivity contribution in [2.75, 3.05) is 21.1 Å². The molecule has 0 fully saturated rings. The van der Waals surface area contributed by atoms with Gasteiger partial charge in [0.05, 0.1) is 5.69 Å². The minimum absolute atomic E-state index is 0.135. The van der Waals surface area contributed by atoms with Crippen LogP contribution in [0.2, 0.25) is 0 Å². The zero-order valence-corrected chi connectivity index (χ0v) is 13.6. The third kappa shape index (κ3) is 3.57. The van der Waals surface area contributed by atoms with Gasteiger partial charge in [0.1, 0.15) is 0 Å². The monoisotopic (exact) mass is 266 g/mol. The number of nitrogens with one attached hydrogen (secondary N) is 1. The molecule has 0 aliphatic rings. The summed E-state index contributed by atoms with van der Waals surface area (Å²) in [6.07, 6.45) is 4.14. The van der Waals surface area contributed by atoms with Crippen LogP contribution in [0.5, 0.6) is 0 Å². The van der Waals surface area contributed by atoms with E-state index in [4.69, 9.17) is 0 Å². The zero-order chi connectivity index (χ0) is 14.6. The summed E-state index contributed by atoms with van der Waals surface area (Å²) in [7, 11) is 6.35. The average Bonchev–Trinajstić information content (AvgIpc) is 2.83. The molecule has 2 unspecified atom stereocenters. The third-order valence-corrected chi connectivity index (χ3v) is 4.44. The highest BCUT2D eigenvalue weighted by Gasteiger charge is 2.34. The van der Waals surface area contributed by atoms with Crippen LogP contribution < -0.4 is 5.32 Å². The molecular formula is C15H30N4. The quantitative estimate of drug-likeness (QED) is 0.822. The lowest BCUT2D eigenvalue weighted by Crippen LogP contribution is -2.57. The van der Waals surface area contributed by atoms with Gasteiger partial charge in [0, 0.05) is 30.2 Å². The summed E-state index contributed by atoms with van der Waals surface area (Å²) in [5.74, 6) is 0. The summed E-state index contributed by atoms with van der Waals surface area (Å²) in [6, 6.07) is 2.95. The standard InChI is InChI=1S/C15H30N4/c1-8-15(4,18(6)7)14(16-5)11-13-9-10-19(17-13)12(2)3/h9-10,12,14,16H,8,11H2,1-7H3. The fourth-order valence-corrected chi connectivity index (χ4v) is 2.49. The lowest BCUT2D eigenvalue weighted by atomic mass is 9.85. The van der Waals surface area contributed by atoms with E-state index < -0.39 is 0 Å². The Hall–Kier alpha value is -0.870. The summed E-state index contributed by atoms with van der Waals surface area (Å²) < 4.78 is 2.03. The second-order valence-electron chi connectivity index (χ2n) is 6.03. The molecule has 1 rings (SSSR count). The molecule has 19 heavy (non-hydrogen) atoms. The van der Waals surface area contributed by atoms with E-state index in [1.54, 1.807) is 0 Å². The van der Waals surface area contributed by atoms with Crippen molar-refractivity contribution in [3.05, 3.63) is 18.0 Å². The van der Waals surface area contributed by atoms with Gasteiger partial charge in [0.2, 0.25) is 0 Å². The molecular weight excluding hydrogens is 236 g/mol. The van der Waals surface area contributed by atoms with Crippen LogP contribution in [0, 0.1) is 0 Å². The summed E-state index contributed by atoms with van der Waals surface area (Å²) >= 11 is 0. The molecule has 0 saturated heterocycles. The SMILES string of the molecule is CCC(C)(C(Cc1ccn(C(C)C)n1)NC)N(C)C. The molecule has 4 nitrogen and oxygen atoms in total. The first kappa shape index (κ1) is 16.2. The van der Waals surface area contributed by atoms with E-state index in [9.17, 15) is 0 Å². The molecule has 0 aliphatic heterocycles. The van der Waals surface area contributed by atoms with E-state index in [1.807, 2.05) is 11.7 Å². The highest BCUT2D eigenvalue weighted by Crippen LogP contribution is 2.23. The Morgan fingerprint density at radius 2 is 2.05 bits per heavy atom. The van der Waals surface area contributed by atoms with Crippen LogP contribution >= 0.6 is 0 Å². The predicted molar refractivity (Wildman–Crippen MR) is 81.5 cm³/mol. The maximum atomic E-state index is 4.66. The van der Waals surface area contributed by atoms with Gasteiger partial charge in [-0.2, -0.15) is 5.10 Å². The first-order valence-corrected chi connectivity index (χ1v) is 7.23. The van der Waals surface area contributed by atoms with Crippen LogP contribution in [0.3, 0.4) is 0 Å². The average molecular weight is 266 g/mol. The largest absolute Gasteiger partial charge is 0.315 e. The zero-order valence-electron chi connectivity index (χ0n) is 13.6. The van der Waals surface area contributed by atoms with Crippen molar-refractivity contribution in [2.45, 2.75) is 58.2 Å². The van der Waals surface area contributed by atoms with Crippen molar-refractivity contribution < 1.29 is 0 Å². The van der Waals surface area contributed by atoms with E-state index in [-0.39, 0.29) is 5.54 Å². The molecule has 1 aromatic heterocycles. The van der Waals surface area contributed by atoms with Gasteiger partial charge in [-0.1, -0.05) is 6.92 Å². The number of nitrogens with zero attached hydrogens (tertiary/aromatic N) is 3. The molecule has 1 aromatic rings. The van der Waals surface area contributed by atoms with Crippen molar-refractivity contribution in [1.82, 2.24) is 20.0 Å². The van der Waals surface area contributed by atoms with Crippen LogP contribution in [0.25, 0.3) is 0 Å². The first-order valence-electron chi connectivity index (χ1n) is 7.23. The molecule has 0 aliphatic carbocycles. The molecule has 0 spiro atoms. The van der Waals surface area contributed by atoms with Gasteiger partial charge in [-0.3, -0.25) is 4.68 Å². The normalized spacial score (nSPS) is 16.9. The van der Waals surface area contributed by atoms with E-state index in [0.717, 1.165) is 18.5 Å². The van der Waals surface area contributed by atoms with E-state index in [1.165, 1.54) is 0 Å². The molecule has 4 heteroatoms. The molecule has 0 aromatic carbocycles. The molecule has 110 valence electrons. The van der Waals surface area contributed by atoms with E-state index in [0.29, 0.717) is 12.1 Å². The highest BCUT2D eigenvalue weighted by molar-refractivity contribution is 5.06. The molecule has 0 radical (unpaired) electrons. The number of likely N-dealkylation sites (N-methyl/N-ethyl adjacent to an activating group) is 2. The Bertz CT molecular complexity index is 383. The van der Waals surface area contributed by atoms with E-state index >= 15 is 0 Å². The van der Waals surface area contributed by atoms with E-state index in [2.05, 4.69) is 69.4 Å². The lowest BCUT2D eigenvalue weighted by molar-refractivity contribution is 0.116. The smallest absolute Gasteiger partial charge is 0.0640 e. The van der Waals surface area contributed by atoms with Crippen LogP contribution in [0.1, 0.15) is 45.9 Å². The van der Waals surface area contributed by atoms with Crippen molar-refractivity contribution in [3.63, 3.8) is 0 Å². The minimum Gasteiger partial charge on any atom is -0.315 e. The molecule has 0 amide bonds. The lowest BCUT2D eigenvalue weighted by Gasteiger charge is -2.42. The van der Waals surface area contributed by atoms with Crippen LogP contribution in [-0.2, 0) is 6.42 Å². The van der Waals surface area contributed by atoms with Crippen molar-refractivity contribution in [2.24, 2.45) is 0 Å². The maximum absolute atomic E-state index is 4.66. The molecule has 1 heterocycles. The molecule has 0 saturated carbocycles. The summed E-state index contributed by atoms with van der Waals surface area (Å²) in [5, 5.41) is 8.13. The molecule has 2 atom stereocenters. The van der Waals surface area contributed by atoms with Gasteiger partial charge in [-0.25, -0.2) is 0 Å². The molecule has 0 bridgehead atoms. The topological polar surface area (TPSA) is 33.1 Å². The maximum Gasteiger partial charge on any atom is 0.0640 e. The van der Waals surface area contributed by atoms with Gasteiger partial charge in [-0.05, 0) is 54.4 Å². The fraction of sp³-hybridized carbons (Fsp3) is 0.800. The Labute approximate surface area is 118 Å². The Balaban J connectivity index is 2.86. The van der Waals surface area contributed by atoms with Gasteiger partial charge in [0.15, 0.2) is 0 Å². The summed E-state index contributed by atoms with van der Waals surface area (Å²) in [6.45, 7) is 8.87. The van der Waals surface area contributed by atoms with Gasteiger partial charge >= 0.3 is 0 Å². The number of hydrogen-bond acceptors (Lipinski definition) is 3. The Morgan fingerprint density at radius 3 is 2.42 bits per heavy atom. The number of aromatic nitrogens is 2. The summed E-state index contributed by atoms with van der Waals surface area (Å²) in [5.41, 5.74) is 1.30.